The lowest BCUT2D eigenvalue weighted by Gasteiger charge is -2.08. The number of hydrogen-bond donors (Lipinski definition) is 1. The van der Waals surface area contributed by atoms with Crippen molar-refractivity contribution < 1.29 is 22.7 Å². The van der Waals surface area contributed by atoms with Crippen molar-refractivity contribution in [3.05, 3.63) is 58.3 Å². The number of nitrogens with one attached hydrogen (secondary N) is 1. The summed E-state index contributed by atoms with van der Waals surface area (Å²) in [5.41, 5.74) is 0.218. The van der Waals surface area contributed by atoms with Gasteiger partial charge in [0.15, 0.2) is 0 Å². The summed E-state index contributed by atoms with van der Waals surface area (Å²) in [5.74, 6) is -1.20. The smallest absolute Gasteiger partial charge is 0.387 e. The second kappa shape index (κ2) is 6.62. The number of carbonyl (C=O) groups excluding carboxylic acids is 1. The van der Waals surface area contributed by atoms with Crippen molar-refractivity contribution in [2.75, 3.05) is 5.32 Å². The molecule has 0 atom stereocenters. The van der Waals surface area contributed by atoms with E-state index in [2.05, 4.69) is 26.0 Å². The van der Waals surface area contributed by atoms with Gasteiger partial charge in [-0.15, -0.1) is 0 Å². The highest BCUT2D eigenvalue weighted by Crippen LogP contribution is 2.21. The summed E-state index contributed by atoms with van der Waals surface area (Å²) in [5, 5.41) is 2.39. The maximum absolute atomic E-state index is 13.6. The van der Waals surface area contributed by atoms with Crippen LogP contribution in [0.3, 0.4) is 0 Å². The number of ether oxygens (including phenoxy) is 1. The van der Waals surface area contributed by atoms with Gasteiger partial charge in [-0.25, -0.2) is 4.39 Å². The van der Waals surface area contributed by atoms with Crippen molar-refractivity contribution in [2.24, 2.45) is 0 Å². The van der Waals surface area contributed by atoms with Gasteiger partial charge in [0.1, 0.15) is 11.6 Å². The van der Waals surface area contributed by atoms with Crippen LogP contribution < -0.4 is 10.1 Å². The van der Waals surface area contributed by atoms with Crippen LogP contribution in [0.5, 0.6) is 5.75 Å². The molecule has 2 rings (SSSR count). The van der Waals surface area contributed by atoms with Gasteiger partial charge in [-0.1, -0.05) is 15.9 Å². The van der Waals surface area contributed by atoms with Gasteiger partial charge in [0, 0.05) is 10.0 Å². The van der Waals surface area contributed by atoms with Crippen LogP contribution in [-0.4, -0.2) is 12.5 Å². The lowest BCUT2D eigenvalue weighted by Crippen LogP contribution is -2.13. The van der Waals surface area contributed by atoms with Crippen LogP contribution in [0.25, 0.3) is 0 Å². The molecule has 0 spiro atoms. The summed E-state index contributed by atoms with van der Waals surface area (Å²) in [7, 11) is 0. The number of benzene rings is 2. The molecule has 0 aliphatic carbocycles. The molecule has 7 heteroatoms. The predicted octanol–water partition coefficient (Wildman–Crippen LogP) is 4.44. The van der Waals surface area contributed by atoms with E-state index in [0.29, 0.717) is 4.47 Å². The van der Waals surface area contributed by atoms with Crippen LogP contribution >= 0.6 is 15.9 Å². The lowest BCUT2D eigenvalue weighted by molar-refractivity contribution is -0.0498. The van der Waals surface area contributed by atoms with Gasteiger partial charge in [-0.2, -0.15) is 8.78 Å². The van der Waals surface area contributed by atoms with Crippen molar-refractivity contribution in [1.82, 2.24) is 0 Å². The van der Waals surface area contributed by atoms with Gasteiger partial charge in [0.25, 0.3) is 5.91 Å². The zero-order chi connectivity index (χ0) is 15.4. The van der Waals surface area contributed by atoms with E-state index < -0.39 is 18.3 Å². The molecule has 2 aromatic rings. The second-order valence-corrected chi connectivity index (χ2v) is 4.90. The average Bonchev–Trinajstić information content (AvgIpc) is 2.42. The molecule has 110 valence electrons. The van der Waals surface area contributed by atoms with E-state index in [-0.39, 0.29) is 17.0 Å². The monoisotopic (exact) mass is 359 g/mol. The molecule has 1 N–H and O–H groups in total. The minimum atomic E-state index is -2.93. The van der Waals surface area contributed by atoms with Gasteiger partial charge in [-0.05, 0) is 42.5 Å². The quantitative estimate of drug-likeness (QED) is 0.876. The van der Waals surface area contributed by atoms with Crippen molar-refractivity contribution >= 4 is 27.5 Å². The van der Waals surface area contributed by atoms with Gasteiger partial charge in [-0.3, -0.25) is 4.79 Å². The van der Waals surface area contributed by atoms with Crippen LogP contribution in [0.1, 0.15) is 10.4 Å². The Bertz CT molecular complexity index is 647. The molecule has 0 aliphatic rings. The van der Waals surface area contributed by atoms with E-state index in [9.17, 15) is 18.0 Å². The molecule has 2 aromatic carbocycles. The van der Waals surface area contributed by atoms with Crippen molar-refractivity contribution in [2.45, 2.75) is 6.61 Å². The van der Waals surface area contributed by atoms with E-state index in [1.807, 2.05) is 0 Å². The van der Waals surface area contributed by atoms with Crippen LogP contribution in [0.2, 0.25) is 0 Å². The van der Waals surface area contributed by atoms with Gasteiger partial charge in [0.2, 0.25) is 0 Å². The Labute approximate surface area is 126 Å². The van der Waals surface area contributed by atoms with Crippen LogP contribution in [0.4, 0.5) is 18.9 Å². The molecule has 0 bridgehead atoms. The van der Waals surface area contributed by atoms with Gasteiger partial charge < -0.3 is 10.1 Å². The number of rotatable bonds is 4. The molecule has 0 radical (unpaired) electrons. The number of amides is 1. The molecule has 21 heavy (non-hydrogen) atoms. The summed E-state index contributed by atoms with van der Waals surface area (Å²) >= 11 is 3.11. The Morgan fingerprint density at radius 1 is 1.14 bits per heavy atom. The fourth-order valence-electron chi connectivity index (χ4n) is 1.57. The molecule has 0 aromatic heterocycles. The third-order valence-electron chi connectivity index (χ3n) is 2.52. The molecular formula is C14H9BrF3NO2. The SMILES string of the molecule is O=C(Nc1ccc(Br)cc1F)c1ccc(OC(F)F)cc1. The maximum atomic E-state index is 13.6. The summed E-state index contributed by atoms with van der Waals surface area (Å²) in [4.78, 5) is 11.9. The van der Waals surface area contributed by atoms with Gasteiger partial charge >= 0.3 is 6.61 Å². The summed E-state index contributed by atoms with van der Waals surface area (Å²) in [6.07, 6.45) is 0. The van der Waals surface area contributed by atoms with E-state index in [4.69, 9.17) is 0 Å². The zero-order valence-electron chi connectivity index (χ0n) is 10.4. The molecular weight excluding hydrogens is 351 g/mol. The number of hydrogen-bond acceptors (Lipinski definition) is 2. The molecule has 0 saturated carbocycles. The number of carbonyl (C=O) groups is 1. The molecule has 3 nitrogen and oxygen atoms in total. The number of halogens is 4. The highest BCUT2D eigenvalue weighted by atomic mass is 79.9. The molecule has 0 fully saturated rings. The standard InChI is InChI=1S/C14H9BrF3NO2/c15-9-3-6-12(11(16)7-9)19-13(20)8-1-4-10(5-2-8)21-14(17)18/h1-7,14H,(H,19,20). The fraction of sp³-hybridized carbons (Fsp3) is 0.0714. The van der Waals surface area contributed by atoms with Gasteiger partial charge in [0.05, 0.1) is 5.69 Å². The third-order valence-corrected chi connectivity index (χ3v) is 3.01. The normalized spacial score (nSPS) is 10.5. The largest absolute Gasteiger partial charge is 0.435 e. The predicted molar refractivity (Wildman–Crippen MR) is 75.1 cm³/mol. The summed E-state index contributed by atoms with van der Waals surface area (Å²) in [6, 6.07) is 9.30. The fourth-order valence-corrected chi connectivity index (χ4v) is 1.91. The molecule has 0 unspecified atom stereocenters. The van der Waals surface area contributed by atoms with Crippen LogP contribution in [0, 0.1) is 5.82 Å². The van der Waals surface area contributed by atoms with E-state index in [1.165, 1.54) is 36.4 Å². The minimum absolute atomic E-state index is 0.0242. The topological polar surface area (TPSA) is 38.3 Å². The number of alkyl halides is 2. The highest BCUT2D eigenvalue weighted by molar-refractivity contribution is 9.10. The lowest BCUT2D eigenvalue weighted by atomic mass is 10.2. The third kappa shape index (κ3) is 4.22. The molecule has 0 aliphatic heterocycles. The Morgan fingerprint density at radius 2 is 1.81 bits per heavy atom. The minimum Gasteiger partial charge on any atom is -0.435 e. The highest BCUT2D eigenvalue weighted by Gasteiger charge is 2.10. The first-order valence-electron chi connectivity index (χ1n) is 5.77. The Kier molecular flexibility index (Phi) is 4.85. The van der Waals surface area contributed by atoms with E-state index in [1.54, 1.807) is 6.07 Å². The van der Waals surface area contributed by atoms with E-state index >= 15 is 0 Å². The van der Waals surface area contributed by atoms with E-state index in [0.717, 1.165) is 0 Å². The van der Waals surface area contributed by atoms with Crippen LogP contribution in [0.15, 0.2) is 46.9 Å². The van der Waals surface area contributed by atoms with Crippen molar-refractivity contribution in [1.29, 1.82) is 0 Å². The molecule has 0 saturated heterocycles. The Balaban J connectivity index is 2.09. The maximum Gasteiger partial charge on any atom is 0.387 e. The van der Waals surface area contributed by atoms with Crippen LogP contribution in [-0.2, 0) is 0 Å². The summed E-state index contributed by atoms with van der Waals surface area (Å²) in [6.45, 7) is -2.93. The first-order valence-corrected chi connectivity index (χ1v) is 6.56. The summed E-state index contributed by atoms with van der Waals surface area (Å²) < 4.78 is 42.3. The molecule has 1 amide bonds. The number of anilines is 1. The van der Waals surface area contributed by atoms with Crippen molar-refractivity contribution in [3.8, 4) is 5.75 Å². The average molecular weight is 360 g/mol. The Hall–Kier alpha value is -2.02. The Morgan fingerprint density at radius 3 is 2.38 bits per heavy atom. The first-order chi connectivity index (χ1) is 9.95. The zero-order valence-corrected chi connectivity index (χ0v) is 12.0. The molecule has 0 heterocycles. The first kappa shape index (κ1) is 15.4. The van der Waals surface area contributed by atoms with Crippen molar-refractivity contribution in [3.63, 3.8) is 0 Å². The second-order valence-electron chi connectivity index (χ2n) is 3.98.